The highest BCUT2D eigenvalue weighted by molar-refractivity contribution is 7.95. The normalized spacial score (nSPS) is 11.0. The summed E-state index contributed by atoms with van der Waals surface area (Å²) in [6.45, 7) is 0. The predicted octanol–water partition coefficient (Wildman–Crippen LogP) is 2.80. The van der Waals surface area contributed by atoms with Crippen molar-refractivity contribution in [2.75, 3.05) is 0 Å². The molecule has 0 aliphatic heterocycles. The Bertz CT molecular complexity index is 1260. The molecule has 0 saturated carbocycles. The summed E-state index contributed by atoms with van der Waals surface area (Å²) in [6, 6.07) is 40.4. The van der Waals surface area contributed by atoms with Crippen molar-refractivity contribution in [1.29, 1.82) is 5.26 Å². The predicted molar refractivity (Wildman–Crippen MR) is 130 cm³/mol. The van der Waals surface area contributed by atoms with Gasteiger partial charge in [0.05, 0.1) is 17.9 Å². The average molecular weight is 454 g/mol. The Hall–Kier alpha value is -3.37. The zero-order valence-electron chi connectivity index (χ0n) is 17.4. The molecule has 0 fully saturated rings. The van der Waals surface area contributed by atoms with Gasteiger partial charge in [-0.2, -0.15) is 5.26 Å². The number of rotatable bonds is 5. The quantitative estimate of drug-likeness (QED) is 0.384. The van der Waals surface area contributed by atoms with Crippen LogP contribution in [0.15, 0.2) is 120 Å². The highest BCUT2D eigenvalue weighted by Crippen LogP contribution is 2.58. The molecule has 5 rings (SSSR count). The molecule has 5 aromatic rings. The number of hydrogen-bond acceptors (Lipinski definition) is 2. The van der Waals surface area contributed by atoms with Crippen LogP contribution in [0.3, 0.4) is 0 Å². The summed E-state index contributed by atoms with van der Waals surface area (Å²) in [5, 5.41) is 14.4. The van der Waals surface area contributed by atoms with E-state index in [-0.39, 0.29) is 12.4 Å². The molecule has 0 bridgehead atoms. The Kier molecular flexibility index (Phi) is 6.42. The molecule has 0 saturated heterocycles. The van der Waals surface area contributed by atoms with Gasteiger partial charge >= 0.3 is 0 Å². The second-order valence-electron chi connectivity index (χ2n) is 7.56. The molecule has 0 spiro atoms. The van der Waals surface area contributed by atoms with Crippen LogP contribution >= 0.6 is 7.26 Å². The van der Waals surface area contributed by atoms with Crippen molar-refractivity contribution >= 4 is 34.1 Å². The third kappa shape index (κ3) is 3.82. The molecule has 1 heterocycles. The van der Waals surface area contributed by atoms with Gasteiger partial charge in [0.25, 0.3) is 0 Å². The van der Waals surface area contributed by atoms with Crippen LogP contribution in [0.25, 0.3) is 11.0 Å². The van der Waals surface area contributed by atoms with Crippen LogP contribution in [0.1, 0.15) is 11.1 Å². The molecule has 4 heteroatoms. The highest BCUT2D eigenvalue weighted by atomic mass is 35.5. The first-order chi connectivity index (χ1) is 15.3. The van der Waals surface area contributed by atoms with Gasteiger partial charge in [-0.25, -0.2) is 0 Å². The fraction of sp³-hybridized carbons (Fsp3) is 0.0357. The SMILES string of the molecule is N#Cc1ccc2c(C[P+](c3ccccc3)(c3ccccc3)c3ccccc3)coc2c1.[Cl-]. The van der Waals surface area contributed by atoms with Crippen LogP contribution in [-0.4, -0.2) is 0 Å². The third-order valence-electron chi connectivity index (χ3n) is 5.78. The summed E-state index contributed by atoms with van der Waals surface area (Å²) in [5.74, 6) is 0. The average Bonchev–Trinajstić information content (AvgIpc) is 3.26. The first kappa shape index (κ1) is 21.8. The molecule has 0 aliphatic rings. The summed E-state index contributed by atoms with van der Waals surface area (Å²) in [5.41, 5.74) is 2.55. The number of halogens is 1. The molecule has 32 heavy (non-hydrogen) atoms. The Morgan fingerprint density at radius 1 is 0.688 bits per heavy atom. The zero-order valence-corrected chi connectivity index (χ0v) is 19.0. The van der Waals surface area contributed by atoms with Crippen molar-refractivity contribution in [2.45, 2.75) is 6.16 Å². The second-order valence-corrected chi connectivity index (χ2v) is 11.0. The number of hydrogen-bond donors (Lipinski definition) is 0. The van der Waals surface area contributed by atoms with E-state index in [4.69, 9.17) is 4.42 Å². The molecule has 2 nitrogen and oxygen atoms in total. The number of fused-ring (bicyclic) bond motifs is 1. The largest absolute Gasteiger partial charge is 1.00 e. The zero-order chi connectivity index (χ0) is 21.1. The lowest BCUT2D eigenvalue weighted by molar-refractivity contribution is -0.00000659. The third-order valence-corrected chi connectivity index (χ3v) is 10.1. The minimum Gasteiger partial charge on any atom is -1.00 e. The second kappa shape index (κ2) is 9.41. The molecular formula is C28H21ClNOP. The van der Waals surface area contributed by atoms with E-state index in [9.17, 15) is 5.26 Å². The summed E-state index contributed by atoms with van der Waals surface area (Å²) in [7, 11) is -1.99. The Labute approximate surface area is 194 Å². The van der Waals surface area contributed by atoms with Crippen LogP contribution in [0.2, 0.25) is 0 Å². The Balaban J connectivity index is 0.00000245. The molecule has 0 N–H and O–H groups in total. The molecule has 0 radical (unpaired) electrons. The maximum atomic E-state index is 9.25. The first-order valence-corrected chi connectivity index (χ1v) is 12.2. The molecule has 156 valence electrons. The number of nitrogens with zero attached hydrogens (tertiary/aromatic N) is 1. The molecule has 4 aromatic carbocycles. The Morgan fingerprint density at radius 3 is 1.66 bits per heavy atom. The monoisotopic (exact) mass is 453 g/mol. The van der Waals surface area contributed by atoms with E-state index < -0.39 is 7.26 Å². The molecular weight excluding hydrogens is 433 g/mol. The van der Waals surface area contributed by atoms with Crippen LogP contribution < -0.4 is 28.3 Å². The fourth-order valence-corrected chi connectivity index (χ4v) is 8.54. The number of nitriles is 1. The van der Waals surface area contributed by atoms with E-state index >= 15 is 0 Å². The lowest BCUT2D eigenvalue weighted by Crippen LogP contribution is -3.00. The Morgan fingerprint density at radius 2 is 1.19 bits per heavy atom. The number of furan rings is 1. The van der Waals surface area contributed by atoms with Gasteiger partial charge in [0.15, 0.2) is 0 Å². The molecule has 0 amide bonds. The van der Waals surface area contributed by atoms with Gasteiger partial charge < -0.3 is 16.8 Å². The van der Waals surface area contributed by atoms with E-state index in [0.29, 0.717) is 5.56 Å². The fourth-order valence-electron chi connectivity index (χ4n) is 4.30. The first-order valence-electron chi connectivity index (χ1n) is 10.3. The maximum Gasteiger partial charge on any atom is 0.135 e. The minimum atomic E-state index is -1.99. The lowest BCUT2D eigenvalue weighted by atomic mass is 10.1. The van der Waals surface area contributed by atoms with E-state index in [1.807, 2.05) is 24.5 Å². The maximum absolute atomic E-state index is 9.25. The van der Waals surface area contributed by atoms with Crippen molar-refractivity contribution < 1.29 is 16.8 Å². The van der Waals surface area contributed by atoms with E-state index in [1.54, 1.807) is 0 Å². The molecule has 1 aromatic heterocycles. The summed E-state index contributed by atoms with van der Waals surface area (Å²) in [4.78, 5) is 0. The van der Waals surface area contributed by atoms with Crippen LogP contribution in [0, 0.1) is 11.3 Å². The van der Waals surface area contributed by atoms with Crippen molar-refractivity contribution in [2.24, 2.45) is 0 Å². The van der Waals surface area contributed by atoms with Gasteiger partial charge in [-0.15, -0.1) is 0 Å². The lowest BCUT2D eigenvalue weighted by Gasteiger charge is -2.27. The molecule has 0 atom stereocenters. The smallest absolute Gasteiger partial charge is 0.135 e. The van der Waals surface area contributed by atoms with E-state index in [2.05, 4.69) is 97.1 Å². The van der Waals surface area contributed by atoms with Gasteiger partial charge in [-0.05, 0) is 54.6 Å². The van der Waals surface area contributed by atoms with Gasteiger partial charge in [-0.1, -0.05) is 54.6 Å². The van der Waals surface area contributed by atoms with E-state index in [0.717, 1.165) is 17.1 Å². The van der Waals surface area contributed by atoms with Crippen molar-refractivity contribution in [3.8, 4) is 6.07 Å². The van der Waals surface area contributed by atoms with Crippen LogP contribution in [0.4, 0.5) is 0 Å². The minimum absolute atomic E-state index is 0. The van der Waals surface area contributed by atoms with Crippen molar-refractivity contribution in [1.82, 2.24) is 0 Å². The van der Waals surface area contributed by atoms with E-state index in [1.165, 1.54) is 21.5 Å². The van der Waals surface area contributed by atoms with Gasteiger partial charge in [0.2, 0.25) is 0 Å². The molecule has 0 unspecified atom stereocenters. The number of benzene rings is 4. The van der Waals surface area contributed by atoms with Crippen LogP contribution in [0.5, 0.6) is 0 Å². The van der Waals surface area contributed by atoms with Crippen molar-refractivity contribution in [3.63, 3.8) is 0 Å². The summed E-state index contributed by atoms with van der Waals surface area (Å²) >= 11 is 0. The summed E-state index contributed by atoms with van der Waals surface area (Å²) in [6.07, 6.45) is 2.72. The van der Waals surface area contributed by atoms with Gasteiger partial charge in [0.1, 0.15) is 34.9 Å². The van der Waals surface area contributed by atoms with Gasteiger partial charge in [0, 0.05) is 10.9 Å². The standard InChI is InChI=1S/C28H21NOP.ClH/c29-19-22-16-17-27-23(20-30-28(27)18-22)21-31(24-10-4-1-5-11-24,25-12-6-2-7-13-25)26-14-8-3-9-15-26;/h1-18,20H,21H2;1H/q+1;/p-1. The molecule has 0 aliphatic carbocycles. The van der Waals surface area contributed by atoms with Gasteiger partial charge in [-0.3, -0.25) is 0 Å². The highest BCUT2D eigenvalue weighted by Gasteiger charge is 2.46. The van der Waals surface area contributed by atoms with Crippen LogP contribution in [-0.2, 0) is 6.16 Å². The van der Waals surface area contributed by atoms with Crippen molar-refractivity contribution in [3.05, 3.63) is 127 Å². The topological polar surface area (TPSA) is 36.9 Å². The summed E-state index contributed by atoms with van der Waals surface area (Å²) < 4.78 is 5.91.